The molecule has 1 amide bonds. The first-order chi connectivity index (χ1) is 11.9. The van der Waals surface area contributed by atoms with Crippen molar-refractivity contribution in [2.75, 3.05) is 5.32 Å². The predicted molar refractivity (Wildman–Crippen MR) is 91.1 cm³/mol. The van der Waals surface area contributed by atoms with Gasteiger partial charge in [-0.05, 0) is 23.8 Å². The number of hydrogen-bond donors (Lipinski definition) is 2. The number of H-pyrrole nitrogens is 1. The maximum absolute atomic E-state index is 13.3. The number of aromatic amines is 1. The summed E-state index contributed by atoms with van der Waals surface area (Å²) in [6.07, 6.45) is -4.63. The number of hydrogen-bond acceptors (Lipinski definition) is 2. The Labute approximate surface area is 149 Å². The summed E-state index contributed by atoms with van der Waals surface area (Å²) in [6, 6.07) is 14.5. The molecule has 0 atom stereocenters. The van der Waals surface area contributed by atoms with E-state index < -0.39 is 17.8 Å². The highest BCUT2D eigenvalue weighted by atomic mass is 79.9. The molecule has 0 radical (unpaired) electrons. The molecule has 1 heterocycles. The molecule has 0 spiro atoms. The van der Waals surface area contributed by atoms with Crippen molar-refractivity contribution in [3.8, 4) is 11.1 Å². The highest BCUT2D eigenvalue weighted by Crippen LogP contribution is 2.39. The summed E-state index contributed by atoms with van der Waals surface area (Å²) in [5.41, 5.74) is -0.613. The van der Waals surface area contributed by atoms with Crippen molar-refractivity contribution < 1.29 is 18.0 Å². The highest BCUT2D eigenvalue weighted by molar-refractivity contribution is 9.10. The van der Waals surface area contributed by atoms with Gasteiger partial charge in [-0.1, -0.05) is 52.3 Å². The van der Waals surface area contributed by atoms with E-state index in [1.165, 1.54) is 12.1 Å². The van der Waals surface area contributed by atoms with Crippen molar-refractivity contribution in [3.05, 3.63) is 70.3 Å². The van der Waals surface area contributed by atoms with Crippen LogP contribution in [0.25, 0.3) is 11.1 Å². The van der Waals surface area contributed by atoms with Crippen molar-refractivity contribution in [3.63, 3.8) is 0 Å². The Morgan fingerprint density at radius 1 is 1.08 bits per heavy atom. The number of halogens is 4. The van der Waals surface area contributed by atoms with Gasteiger partial charge in [0.2, 0.25) is 0 Å². The van der Waals surface area contributed by atoms with Crippen LogP contribution in [0, 0.1) is 0 Å². The molecule has 0 bridgehead atoms. The molecule has 0 saturated heterocycles. The van der Waals surface area contributed by atoms with Gasteiger partial charge in [0.1, 0.15) is 5.69 Å². The van der Waals surface area contributed by atoms with Crippen molar-refractivity contribution in [2.24, 2.45) is 0 Å². The lowest BCUT2D eigenvalue weighted by atomic mass is 10.0. The molecule has 0 aliphatic heterocycles. The molecule has 3 aromatic rings. The molecule has 0 unspecified atom stereocenters. The number of benzene rings is 2. The monoisotopic (exact) mass is 409 g/mol. The van der Waals surface area contributed by atoms with Gasteiger partial charge < -0.3 is 5.32 Å². The van der Waals surface area contributed by atoms with E-state index in [4.69, 9.17) is 0 Å². The van der Waals surface area contributed by atoms with E-state index in [0.717, 1.165) is 0 Å². The van der Waals surface area contributed by atoms with E-state index in [1.54, 1.807) is 42.5 Å². The van der Waals surface area contributed by atoms with Crippen LogP contribution < -0.4 is 5.32 Å². The molecule has 4 nitrogen and oxygen atoms in total. The summed E-state index contributed by atoms with van der Waals surface area (Å²) < 4.78 is 40.5. The first-order valence-corrected chi connectivity index (χ1v) is 7.93. The molecule has 0 aliphatic carbocycles. The van der Waals surface area contributed by atoms with Crippen LogP contribution in [0.2, 0.25) is 0 Å². The summed E-state index contributed by atoms with van der Waals surface area (Å²) in [7, 11) is 0. The lowest BCUT2D eigenvalue weighted by Gasteiger charge is -2.10. The molecule has 25 heavy (non-hydrogen) atoms. The van der Waals surface area contributed by atoms with Gasteiger partial charge in [0.25, 0.3) is 5.91 Å². The van der Waals surface area contributed by atoms with E-state index in [2.05, 4.69) is 26.3 Å². The summed E-state index contributed by atoms with van der Waals surface area (Å²) in [4.78, 5) is 12.3. The van der Waals surface area contributed by atoms with Gasteiger partial charge in [-0.25, -0.2) is 0 Å². The SMILES string of the molecule is O=C(Nc1n[nH]c(C(F)(F)F)c1-c1ccccc1)c1cccc(Br)c1. The Morgan fingerprint density at radius 3 is 2.44 bits per heavy atom. The molecular formula is C17H11BrF3N3O. The normalized spacial score (nSPS) is 11.4. The molecule has 128 valence electrons. The van der Waals surface area contributed by atoms with Gasteiger partial charge in [0.05, 0.1) is 5.56 Å². The van der Waals surface area contributed by atoms with Gasteiger partial charge >= 0.3 is 6.18 Å². The number of amides is 1. The minimum absolute atomic E-state index is 0.177. The summed E-state index contributed by atoms with van der Waals surface area (Å²) in [5.74, 6) is -0.734. The standard InChI is InChI=1S/C17H11BrF3N3O/c18-12-8-4-7-11(9-12)16(25)22-15-13(10-5-2-1-3-6-10)14(23-24-15)17(19,20)21/h1-9H,(H2,22,23,24,25). The number of carbonyl (C=O) groups excluding carboxylic acids is 1. The van der Waals surface area contributed by atoms with Crippen LogP contribution in [-0.2, 0) is 6.18 Å². The van der Waals surface area contributed by atoms with E-state index in [-0.39, 0.29) is 11.4 Å². The highest BCUT2D eigenvalue weighted by Gasteiger charge is 2.38. The maximum atomic E-state index is 13.3. The van der Waals surface area contributed by atoms with Gasteiger partial charge in [0.15, 0.2) is 5.82 Å². The van der Waals surface area contributed by atoms with E-state index in [1.807, 2.05) is 5.10 Å². The van der Waals surface area contributed by atoms with Gasteiger partial charge in [-0.15, -0.1) is 0 Å². The molecule has 3 rings (SSSR count). The molecule has 2 aromatic carbocycles. The summed E-state index contributed by atoms with van der Waals surface area (Å²) in [5, 5.41) is 8.08. The second-order valence-electron chi connectivity index (χ2n) is 5.15. The second kappa shape index (κ2) is 6.72. The summed E-state index contributed by atoms with van der Waals surface area (Å²) >= 11 is 3.25. The number of nitrogens with one attached hydrogen (secondary N) is 2. The average Bonchev–Trinajstić information content (AvgIpc) is 2.99. The number of carbonyl (C=O) groups is 1. The number of rotatable bonds is 3. The number of nitrogens with zero attached hydrogens (tertiary/aromatic N) is 1. The van der Waals surface area contributed by atoms with Crippen LogP contribution >= 0.6 is 15.9 Å². The third-order valence-electron chi connectivity index (χ3n) is 3.43. The third-order valence-corrected chi connectivity index (χ3v) is 3.92. The fourth-order valence-electron chi connectivity index (χ4n) is 2.33. The minimum Gasteiger partial charge on any atom is -0.305 e. The number of alkyl halides is 3. The first-order valence-electron chi connectivity index (χ1n) is 7.14. The zero-order valence-electron chi connectivity index (χ0n) is 12.6. The van der Waals surface area contributed by atoms with Crippen molar-refractivity contribution in [1.29, 1.82) is 0 Å². The minimum atomic E-state index is -4.63. The zero-order valence-corrected chi connectivity index (χ0v) is 14.1. The quantitative estimate of drug-likeness (QED) is 0.631. The van der Waals surface area contributed by atoms with Crippen LogP contribution in [0.5, 0.6) is 0 Å². The fraction of sp³-hybridized carbons (Fsp3) is 0.0588. The Bertz CT molecular complexity index is 907. The van der Waals surface area contributed by atoms with Gasteiger partial charge in [-0.2, -0.15) is 18.3 Å². The average molecular weight is 410 g/mol. The van der Waals surface area contributed by atoms with E-state index in [9.17, 15) is 18.0 Å². The van der Waals surface area contributed by atoms with Crippen LogP contribution in [0.3, 0.4) is 0 Å². The Morgan fingerprint density at radius 2 is 1.80 bits per heavy atom. The second-order valence-corrected chi connectivity index (χ2v) is 6.07. The van der Waals surface area contributed by atoms with Crippen molar-refractivity contribution >= 4 is 27.7 Å². The Kier molecular flexibility index (Phi) is 4.63. The summed E-state index contributed by atoms with van der Waals surface area (Å²) in [6.45, 7) is 0. The van der Waals surface area contributed by atoms with Crippen molar-refractivity contribution in [1.82, 2.24) is 10.2 Å². The number of aromatic nitrogens is 2. The Balaban J connectivity index is 2.02. The third kappa shape index (κ3) is 3.74. The van der Waals surface area contributed by atoms with Crippen LogP contribution in [-0.4, -0.2) is 16.1 Å². The fourth-order valence-corrected chi connectivity index (χ4v) is 2.73. The van der Waals surface area contributed by atoms with Gasteiger partial charge in [0, 0.05) is 10.0 Å². The lowest BCUT2D eigenvalue weighted by molar-refractivity contribution is -0.140. The van der Waals surface area contributed by atoms with Crippen LogP contribution in [0.15, 0.2) is 59.1 Å². The van der Waals surface area contributed by atoms with Crippen LogP contribution in [0.4, 0.5) is 19.0 Å². The predicted octanol–water partition coefficient (Wildman–Crippen LogP) is 5.11. The molecule has 0 aliphatic rings. The lowest BCUT2D eigenvalue weighted by Crippen LogP contribution is -2.13. The van der Waals surface area contributed by atoms with Gasteiger partial charge in [-0.3, -0.25) is 9.89 Å². The van der Waals surface area contributed by atoms with Crippen molar-refractivity contribution in [2.45, 2.75) is 6.18 Å². The van der Waals surface area contributed by atoms with Crippen LogP contribution in [0.1, 0.15) is 16.1 Å². The Hall–Kier alpha value is -2.61. The molecule has 1 aromatic heterocycles. The van der Waals surface area contributed by atoms with E-state index >= 15 is 0 Å². The maximum Gasteiger partial charge on any atom is 0.433 e. The first kappa shape index (κ1) is 17.2. The molecule has 2 N–H and O–H groups in total. The smallest absolute Gasteiger partial charge is 0.305 e. The number of anilines is 1. The molecule has 0 saturated carbocycles. The van der Waals surface area contributed by atoms with E-state index in [0.29, 0.717) is 15.6 Å². The zero-order chi connectivity index (χ0) is 18.0. The topological polar surface area (TPSA) is 57.8 Å². The molecular weight excluding hydrogens is 399 g/mol. The largest absolute Gasteiger partial charge is 0.433 e. The molecule has 0 fully saturated rings. The molecule has 8 heteroatoms.